The molecular formula is C8H10F3NO2S. The Morgan fingerprint density at radius 2 is 2.13 bits per heavy atom. The van der Waals surface area contributed by atoms with E-state index in [0.717, 1.165) is 0 Å². The maximum absolute atomic E-state index is 13.1. The van der Waals surface area contributed by atoms with Crippen molar-refractivity contribution in [3.05, 3.63) is 0 Å². The van der Waals surface area contributed by atoms with Gasteiger partial charge in [-0.2, -0.15) is 9.11 Å². The largest absolute Gasteiger partial charge is 0.590 e. The van der Waals surface area contributed by atoms with E-state index >= 15 is 0 Å². The highest BCUT2D eigenvalue weighted by atomic mass is 32.2. The lowest BCUT2D eigenvalue weighted by molar-refractivity contribution is -0.121. The molecule has 0 heterocycles. The van der Waals surface area contributed by atoms with Crippen LogP contribution in [0.15, 0.2) is 0 Å². The third-order valence-corrected chi connectivity index (χ3v) is 4.13. The van der Waals surface area contributed by atoms with E-state index in [2.05, 4.69) is 0 Å². The summed E-state index contributed by atoms with van der Waals surface area (Å²) in [4.78, 5) is 11.2. The van der Waals surface area contributed by atoms with Crippen molar-refractivity contribution in [1.29, 1.82) is 0 Å². The van der Waals surface area contributed by atoms with Crippen LogP contribution in [0.1, 0.15) is 19.3 Å². The summed E-state index contributed by atoms with van der Waals surface area (Å²) >= 11 is -2.08. The molecule has 0 radical (unpaired) electrons. The molecule has 0 spiro atoms. The summed E-state index contributed by atoms with van der Waals surface area (Å²) in [5, 5.41) is -1.81. The molecular weight excluding hydrogens is 231 g/mol. The Bertz CT molecular complexity index is 285. The predicted octanol–water partition coefficient (Wildman–Crippen LogP) is 1.13. The van der Waals surface area contributed by atoms with Gasteiger partial charge in [-0.1, -0.05) is 0 Å². The van der Waals surface area contributed by atoms with Gasteiger partial charge in [0.25, 0.3) is 10.9 Å². The molecule has 0 bridgehead atoms. The summed E-state index contributed by atoms with van der Waals surface area (Å²) in [6.07, 6.45) is -2.12. The molecule has 3 atom stereocenters. The molecule has 7 heteroatoms. The Morgan fingerprint density at radius 1 is 1.53 bits per heavy atom. The average Bonchev–Trinajstić information content (AvgIpc) is 2.96. The summed E-state index contributed by atoms with van der Waals surface area (Å²) in [6.45, 7) is 0. The molecule has 0 aromatic rings. The van der Waals surface area contributed by atoms with Gasteiger partial charge in [0.1, 0.15) is 11.4 Å². The summed E-state index contributed by atoms with van der Waals surface area (Å²) in [6, 6.07) is 0. The van der Waals surface area contributed by atoms with Crippen LogP contribution in [-0.4, -0.2) is 21.9 Å². The maximum Gasteiger partial charge on any atom is 0.287 e. The maximum atomic E-state index is 13.1. The van der Waals surface area contributed by atoms with Gasteiger partial charge in [0.15, 0.2) is 0 Å². The summed E-state index contributed by atoms with van der Waals surface area (Å²) < 4.78 is 50.4. The van der Waals surface area contributed by atoms with Crippen molar-refractivity contribution in [1.82, 2.24) is 4.72 Å². The molecule has 86 valence electrons. The van der Waals surface area contributed by atoms with E-state index in [1.165, 1.54) is 0 Å². The molecule has 2 saturated carbocycles. The summed E-state index contributed by atoms with van der Waals surface area (Å²) in [5.74, 6) is -2.46. The van der Waals surface area contributed by atoms with Gasteiger partial charge in [-0.15, -0.1) is 0 Å². The monoisotopic (exact) mass is 241 g/mol. The van der Waals surface area contributed by atoms with Crippen molar-refractivity contribution in [3.63, 3.8) is 0 Å². The van der Waals surface area contributed by atoms with E-state index < -0.39 is 40.5 Å². The van der Waals surface area contributed by atoms with Crippen molar-refractivity contribution in [2.24, 2.45) is 11.8 Å². The lowest BCUT2D eigenvalue weighted by Gasteiger charge is -2.13. The molecule has 2 aliphatic rings. The zero-order chi connectivity index (χ0) is 11.2. The Morgan fingerprint density at radius 3 is 2.53 bits per heavy atom. The number of rotatable bonds is 4. The SMILES string of the molecule is O=C(N[S+]([O-])C1(F)CC1)[C@H]1CC1C(F)F. The van der Waals surface area contributed by atoms with Crippen molar-refractivity contribution < 1.29 is 22.5 Å². The van der Waals surface area contributed by atoms with Crippen molar-refractivity contribution in [2.45, 2.75) is 30.7 Å². The van der Waals surface area contributed by atoms with Gasteiger partial charge in [-0.3, -0.25) is 4.79 Å². The Labute approximate surface area is 87.7 Å². The molecule has 0 saturated heterocycles. The Balaban J connectivity index is 1.79. The smallest absolute Gasteiger partial charge is 0.287 e. The number of hydrogen-bond acceptors (Lipinski definition) is 2. The van der Waals surface area contributed by atoms with Gasteiger partial charge < -0.3 is 4.55 Å². The van der Waals surface area contributed by atoms with Gasteiger partial charge in [0.05, 0.1) is 5.92 Å². The zero-order valence-corrected chi connectivity index (χ0v) is 8.53. The fourth-order valence-corrected chi connectivity index (χ4v) is 2.33. The predicted molar refractivity (Wildman–Crippen MR) is 47.0 cm³/mol. The molecule has 2 unspecified atom stereocenters. The van der Waals surface area contributed by atoms with Crippen LogP contribution < -0.4 is 4.72 Å². The summed E-state index contributed by atoms with van der Waals surface area (Å²) in [7, 11) is 0. The lowest BCUT2D eigenvalue weighted by atomic mass is 10.3. The van der Waals surface area contributed by atoms with Crippen LogP contribution in [0, 0.1) is 11.8 Å². The number of amides is 1. The summed E-state index contributed by atoms with van der Waals surface area (Å²) in [5.41, 5.74) is 0. The molecule has 2 rings (SSSR count). The highest BCUT2D eigenvalue weighted by Crippen LogP contribution is 2.46. The third-order valence-electron chi connectivity index (χ3n) is 2.67. The molecule has 2 aliphatic carbocycles. The average molecular weight is 241 g/mol. The first kappa shape index (κ1) is 11.1. The molecule has 0 aromatic carbocycles. The first-order valence-electron chi connectivity index (χ1n) is 4.63. The van der Waals surface area contributed by atoms with Crippen LogP contribution in [0.2, 0.25) is 0 Å². The van der Waals surface area contributed by atoms with Crippen molar-refractivity contribution >= 4 is 17.3 Å². The number of hydrogen-bond donors (Lipinski definition) is 1. The fourth-order valence-electron chi connectivity index (χ4n) is 1.34. The van der Waals surface area contributed by atoms with Crippen LogP contribution in [0.3, 0.4) is 0 Å². The highest BCUT2D eigenvalue weighted by molar-refractivity contribution is 7.91. The molecule has 15 heavy (non-hydrogen) atoms. The van der Waals surface area contributed by atoms with Crippen LogP contribution in [0.5, 0.6) is 0 Å². The van der Waals surface area contributed by atoms with Gasteiger partial charge in [-0.05, 0) is 6.42 Å². The third kappa shape index (κ3) is 2.23. The van der Waals surface area contributed by atoms with Crippen molar-refractivity contribution in [3.8, 4) is 0 Å². The van der Waals surface area contributed by atoms with E-state index in [1.54, 1.807) is 0 Å². The number of carbonyl (C=O) groups excluding carboxylic acids is 1. The van der Waals surface area contributed by atoms with Gasteiger partial charge in [-0.25, -0.2) is 8.78 Å². The van der Waals surface area contributed by atoms with Crippen LogP contribution in [-0.2, 0) is 16.2 Å². The van der Waals surface area contributed by atoms with Crippen molar-refractivity contribution in [2.75, 3.05) is 0 Å². The Hall–Kier alpha value is -0.430. The molecule has 1 N–H and O–H groups in total. The van der Waals surface area contributed by atoms with Gasteiger partial charge in [0.2, 0.25) is 6.43 Å². The second-order valence-corrected chi connectivity index (χ2v) is 5.43. The Kier molecular flexibility index (Phi) is 2.62. The first-order chi connectivity index (χ1) is 6.94. The van der Waals surface area contributed by atoms with Gasteiger partial charge >= 0.3 is 0 Å². The number of alkyl halides is 3. The van der Waals surface area contributed by atoms with Gasteiger partial charge in [0, 0.05) is 18.8 Å². The van der Waals surface area contributed by atoms with Crippen LogP contribution >= 0.6 is 0 Å². The minimum absolute atomic E-state index is 0.0972. The minimum Gasteiger partial charge on any atom is -0.590 e. The number of carbonyl (C=O) groups is 1. The topological polar surface area (TPSA) is 52.2 Å². The fraction of sp³-hybridized carbons (Fsp3) is 0.875. The molecule has 0 aliphatic heterocycles. The normalized spacial score (nSPS) is 33.7. The molecule has 3 nitrogen and oxygen atoms in total. The minimum atomic E-state index is -2.53. The number of nitrogens with one attached hydrogen (secondary N) is 1. The molecule has 0 aromatic heterocycles. The van der Waals surface area contributed by atoms with E-state index in [1.807, 2.05) is 4.72 Å². The standard InChI is InChI=1S/C8H10F3NO2S/c9-6(10)4-3-5(4)7(13)12-15(14)8(11)1-2-8/h4-6H,1-3H2,(H,12,13)/t4?,5-,15?/m0/s1. The van der Waals surface area contributed by atoms with E-state index in [4.69, 9.17) is 0 Å². The lowest BCUT2D eigenvalue weighted by Crippen LogP contribution is -2.39. The zero-order valence-electron chi connectivity index (χ0n) is 7.71. The first-order valence-corrected chi connectivity index (χ1v) is 5.78. The number of halogens is 3. The van der Waals surface area contributed by atoms with E-state index in [-0.39, 0.29) is 19.3 Å². The van der Waals surface area contributed by atoms with E-state index in [9.17, 15) is 22.5 Å². The van der Waals surface area contributed by atoms with E-state index in [0.29, 0.717) is 0 Å². The molecule has 1 amide bonds. The van der Waals surface area contributed by atoms with Crippen LogP contribution in [0.4, 0.5) is 13.2 Å². The highest BCUT2D eigenvalue weighted by Gasteiger charge is 2.58. The quantitative estimate of drug-likeness (QED) is 0.750. The van der Waals surface area contributed by atoms with Crippen LogP contribution in [0.25, 0.3) is 0 Å². The second kappa shape index (κ2) is 3.55. The molecule has 2 fully saturated rings. The second-order valence-electron chi connectivity index (χ2n) is 3.96.